The van der Waals surface area contributed by atoms with Crippen LogP contribution in [-0.2, 0) is 10.8 Å². The van der Waals surface area contributed by atoms with Gasteiger partial charge in [0.25, 0.3) is 0 Å². The monoisotopic (exact) mass is 665 g/mol. The molecule has 2 aliphatic carbocycles. The molecule has 0 aliphatic heterocycles. The van der Waals surface area contributed by atoms with Crippen molar-refractivity contribution >= 4 is 27.8 Å². The lowest BCUT2D eigenvalue weighted by molar-refractivity contribution is 0.662. The van der Waals surface area contributed by atoms with Gasteiger partial charge in [-0.25, -0.2) is 0 Å². The van der Waals surface area contributed by atoms with Gasteiger partial charge in [0.05, 0.1) is 5.69 Å². The Morgan fingerprint density at radius 3 is 1.79 bits per heavy atom. The molecule has 0 saturated heterocycles. The first-order valence-corrected chi connectivity index (χ1v) is 18.4. The zero-order chi connectivity index (χ0) is 35.0. The molecule has 0 heterocycles. The molecule has 248 valence electrons. The van der Waals surface area contributed by atoms with Gasteiger partial charge in [-0.15, -0.1) is 0 Å². The maximum Gasteiger partial charge on any atom is 0.0540 e. The van der Waals surface area contributed by atoms with Crippen molar-refractivity contribution in [3.05, 3.63) is 210 Å². The number of anilines is 3. The lowest BCUT2D eigenvalue weighted by Gasteiger charge is -2.31. The van der Waals surface area contributed by atoms with Crippen LogP contribution in [0.5, 0.6) is 0 Å². The maximum atomic E-state index is 2.45. The van der Waals surface area contributed by atoms with Crippen molar-refractivity contribution in [2.24, 2.45) is 0 Å². The van der Waals surface area contributed by atoms with E-state index in [0.717, 1.165) is 11.4 Å². The molecule has 0 spiro atoms. The Bertz CT molecular complexity index is 2660. The predicted molar refractivity (Wildman–Crippen MR) is 219 cm³/mol. The fraction of sp³-hybridized carbons (Fsp3) is 0.0980. The number of rotatable bonds is 5. The van der Waals surface area contributed by atoms with Crippen molar-refractivity contribution in [1.29, 1.82) is 0 Å². The summed E-state index contributed by atoms with van der Waals surface area (Å²) in [6.07, 6.45) is 0. The van der Waals surface area contributed by atoms with Crippen LogP contribution in [0.25, 0.3) is 44.2 Å². The Kier molecular flexibility index (Phi) is 6.73. The fourth-order valence-electron chi connectivity index (χ4n) is 9.41. The van der Waals surface area contributed by atoms with E-state index in [1.165, 1.54) is 77.7 Å². The predicted octanol–water partition coefficient (Wildman–Crippen LogP) is 13.6. The first kappa shape index (κ1) is 30.6. The first-order chi connectivity index (χ1) is 25.4. The highest BCUT2D eigenvalue weighted by Crippen LogP contribution is 2.55. The van der Waals surface area contributed by atoms with E-state index in [2.05, 4.69) is 208 Å². The van der Waals surface area contributed by atoms with Crippen LogP contribution in [0.3, 0.4) is 0 Å². The van der Waals surface area contributed by atoms with E-state index in [0.29, 0.717) is 0 Å². The van der Waals surface area contributed by atoms with Gasteiger partial charge in [0.2, 0.25) is 0 Å². The van der Waals surface area contributed by atoms with Crippen LogP contribution >= 0.6 is 0 Å². The van der Waals surface area contributed by atoms with Crippen LogP contribution in [0, 0.1) is 0 Å². The second kappa shape index (κ2) is 11.4. The standard InChI is InChI=1S/C51H39N/c1-50(2)45-24-11-9-21-42(45)44-23-14-22-40(49(44)50)35-27-29-37(30-28-35)52(48-26-13-16-34-15-7-8-19-39(34)48)38-31-32-43-41-20-10-12-25-46(41)51(3,47(43)33-38)36-17-5-4-6-18-36/h4-33H,1-3H3. The second-order valence-electron chi connectivity index (χ2n) is 15.0. The summed E-state index contributed by atoms with van der Waals surface area (Å²) in [6.45, 7) is 7.13. The molecule has 1 unspecified atom stereocenters. The molecule has 1 nitrogen and oxygen atoms in total. The highest BCUT2D eigenvalue weighted by atomic mass is 15.1. The molecular weight excluding hydrogens is 627 g/mol. The smallest absolute Gasteiger partial charge is 0.0540 e. The Morgan fingerprint density at radius 1 is 0.404 bits per heavy atom. The molecule has 10 rings (SSSR count). The van der Waals surface area contributed by atoms with Crippen molar-refractivity contribution in [3.8, 4) is 33.4 Å². The van der Waals surface area contributed by atoms with Crippen molar-refractivity contribution in [2.75, 3.05) is 4.90 Å². The molecule has 1 atom stereocenters. The molecule has 8 aromatic carbocycles. The zero-order valence-corrected chi connectivity index (χ0v) is 29.8. The molecule has 2 aliphatic rings. The summed E-state index contributed by atoms with van der Waals surface area (Å²) in [6, 6.07) is 67.4. The third-order valence-electron chi connectivity index (χ3n) is 11.9. The molecule has 0 amide bonds. The first-order valence-electron chi connectivity index (χ1n) is 18.4. The molecule has 0 aromatic heterocycles. The fourth-order valence-corrected chi connectivity index (χ4v) is 9.41. The minimum absolute atomic E-state index is 0.0798. The number of benzene rings is 8. The zero-order valence-electron chi connectivity index (χ0n) is 29.8. The Hall–Kier alpha value is -6.18. The van der Waals surface area contributed by atoms with Gasteiger partial charge in [0, 0.05) is 27.6 Å². The lowest BCUT2D eigenvalue weighted by Crippen LogP contribution is -2.22. The lowest BCUT2D eigenvalue weighted by atomic mass is 9.74. The number of nitrogens with zero attached hydrogens (tertiary/aromatic N) is 1. The topological polar surface area (TPSA) is 3.24 Å². The molecule has 0 N–H and O–H groups in total. The van der Waals surface area contributed by atoms with E-state index in [9.17, 15) is 0 Å². The SMILES string of the molecule is CC1(C)c2ccccc2-c2cccc(-c3ccc(N(c4ccc5c(c4)C(C)(c4ccccc4)c4ccccc4-5)c4cccc5ccccc45)cc3)c21. The molecule has 0 fully saturated rings. The summed E-state index contributed by atoms with van der Waals surface area (Å²) >= 11 is 0. The third kappa shape index (κ3) is 4.36. The van der Waals surface area contributed by atoms with E-state index in [-0.39, 0.29) is 10.8 Å². The Labute approximate surface area is 306 Å². The summed E-state index contributed by atoms with van der Waals surface area (Å²) < 4.78 is 0. The molecule has 8 aromatic rings. The van der Waals surface area contributed by atoms with Gasteiger partial charge >= 0.3 is 0 Å². The van der Waals surface area contributed by atoms with Gasteiger partial charge in [-0.05, 0) is 104 Å². The van der Waals surface area contributed by atoms with E-state index in [1.807, 2.05) is 0 Å². The van der Waals surface area contributed by atoms with Crippen LogP contribution in [0.1, 0.15) is 48.6 Å². The quantitative estimate of drug-likeness (QED) is 0.177. The van der Waals surface area contributed by atoms with Crippen molar-refractivity contribution in [2.45, 2.75) is 31.6 Å². The van der Waals surface area contributed by atoms with Crippen molar-refractivity contribution in [1.82, 2.24) is 0 Å². The van der Waals surface area contributed by atoms with Gasteiger partial charge in [0.1, 0.15) is 0 Å². The van der Waals surface area contributed by atoms with E-state index < -0.39 is 0 Å². The number of hydrogen-bond donors (Lipinski definition) is 0. The average Bonchev–Trinajstić information content (AvgIpc) is 3.60. The average molecular weight is 666 g/mol. The second-order valence-corrected chi connectivity index (χ2v) is 15.0. The van der Waals surface area contributed by atoms with Crippen LogP contribution in [0.15, 0.2) is 182 Å². The molecule has 0 saturated carbocycles. The van der Waals surface area contributed by atoms with Crippen molar-refractivity contribution < 1.29 is 0 Å². The minimum Gasteiger partial charge on any atom is -0.310 e. The van der Waals surface area contributed by atoms with Crippen LogP contribution in [0.2, 0.25) is 0 Å². The van der Waals surface area contributed by atoms with Crippen molar-refractivity contribution in [3.63, 3.8) is 0 Å². The number of fused-ring (bicyclic) bond motifs is 7. The number of hydrogen-bond acceptors (Lipinski definition) is 1. The van der Waals surface area contributed by atoms with Crippen LogP contribution in [-0.4, -0.2) is 0 Å². The highest BCUT2D eigenvalue weighted by molar-refractivity contribution is 6.00. The van der Waals surface area contributed by atoms with Gasteiger partial charge in [-0.1, -0.05) is 166 Å². The molecule has 52 heavy (non-hydrogen) atoms. The normalized spacial score (nSPS) is 16.2. The largest absolute Gasteiger partial charge is 0.310 e. The summed E-state index contributed by atoms with van der Waals surface area (Å²) in [4.78, 5) is 2.45. The van der Waals surface area contributed by atoms with Gasteiger partial charge in [0.15, 0.2) is 0 Å². The summed E-state index contributed by atoms with van der Waals surface area (Å²) in [5, 5.41) is 2.45. The van der Waals surface area contributed by atoms with Crippen LogP contribution in [0.4, 0.5) is 17.1 Å². The molecule has 1 heteroatoms. The Balaban J connectivity index is 1.15. The van der Waals surface area contributed by atoms with E-state index >= 15 is 0 Å². The molecule has 0 bridgehead atoms. The maximum absolute atomic E-state index is 2.45. The minimum atomic E-state index is -0.282. The van der Waals surface area contributed by atoms with Gasteiger partial charge in [-0.2, -0.15) is 0 Å². The Morgan fingerprint density at radius 2 is 0.981 bits per heavy atom. The summed E-state index contributed by atoms with van der Waals surface area (Å²) in [5.74, 6) is 0. The van der Waals surface area contributed by atoms with E-state index in [1.54, 1.807) is 0 Å². The van der Waals surface area contributed by atoms with Crippen LogP contribution < -0.4 is 4.90 Å². The summed E-state index contributed by atoms with van der Waals surface area (Å²) in [7, 11) is 0. The van der Waals surface area contributed by atoms with E-state index in [4.69, 9.17) is 0 Å². The summed E-state index contributed by atoms with van der Waals surface area (Å²) in [5.41, 5.74) is 17.8. The molecular formula is C51H39N. The third-order valence-corrected chi connectivity index (χ3v) is 11.9. The highest BCUT2D eigenvalue weighted by Gasteiger charge is 2.41. The van der Waals surface area contributed by atoms with Gasteiger partial charge in [-0.3, -0.25) is 0 Å². The molecule has 0 radical (unpaired) electrons. The van der Waals surface area contributed by atoms with Gasteiger partial charge < -0.3 is 4.90 Å².